The van der Waals surface area contributed by atoms with Crippen LogP contribution in [0.3, 0.4) is 0 Å². The smallest absolute Gasteiger partial charge is 0.250 e. The minimum atomic E-state index is -3.43. The Morgan fingerprint density at radius 2 is 2.10 bits per heavy atom. The van der Waals surface area contributed by atoms with Gasteiger partial charge in [0.25, 0.3) is 0 Å². The lowest BCUT2D eigenvalue weighted by molar-refractivity contribution is 0.322. The first-order valence-corrected chi connectivity index (χ1v) is 9.57. The van der Waals surface area contributed by atoms with Crippen LogP contribution in [0.5, 0.6) is 5.75 Å². The topological polar surface area (TPSA) is 55.4 Å². The lowest BCUT2D eigenvalue weighted by Crippen LogP contribution is -2.27. The van der Waals surface area contributed by atoms with Crippen LogP contribution in [0.15, 0.2) is 45.1 Å². The van der Waals surface area contributed by atoms with Gasteiger partial charge in [-0.05, 0) is 36.8 Å². The van der Waals surface area contributed by atoms with Crippen molar-refractivity contribution in [1.82, 2.24) is 4.72 Å². The third-order valence-corrected chi connectivity index (χ3v) is 6.38. The summed E-state index contributed by atoms with van der Waals surface area (Å²) in [4.78, 5) is 1.06. The normalized spacial score (nSPS) is 11.5. The van der Waals surface area contributed by atoms with Gasteiger partial charge in [0.15, 0.2) is 0 Å². The Morgan fingerprint density at radius 3 is 2.76 bits per heavy atom. The number of hydrogen-bond acceptors (Lipinski definition) is 4. The van der Waals surface area contributed by atoms with Crippen molar-refractivity contribution in [1.29, 1.82) is 0 Å². The first kappa shape index (κ1) is 16.5. The second-order valence-electron chi connectivity index (χ2n) is 4.28. The van der Waals surface area contributed by atoms with E-state index in [0.29, 0.717) is 9.96 Å². The third-order valence-electron chi connectivity index (χ3n) is 2.71. The van der Waals surface area contributed by atoms with Gasteiger partial charge < -0.3 is 4.74 Å². The van der Waals surface area contributed by atoms with Crippen LogP contribution < -0.4 is 9.46 Å². The molecule has 0 saturated carbocycles. The maximum Gasteiger partial charge on any atom is 0.250 e. The van der Waals surface area contributed by atoms with Gasteiger partial charge >= 0.3 is 0 Å². The van der Waals surface area contributed by atoms with Crippen LogP contribution in [0.2, 0.25) is 0 Å². The average molecular weight is 390 g/mol. The summed E-state index contributed by atoms with van der Waals surface area (Å²) >= 11 is 4.65. The Morgan fingerprint density at radius 1 is 1.29 bits per heavy atom. The van der Waals surface area contributed by atoms with E-state index in [-0.39, 0.29) is 13.2 Å². The number of benzene rings is 1. The summed E-state index contributed by atoms with van der Waals surface area (Å²) in [6.45, 7) is 2.51. The standard InChI is InChI=1S/C14H16BrNO3S2/c1-2-13-6-7-14(20-13)21(17,18)16-8-9-19-12-5-3-4-11(15)10-12/h3-7,10,16H,2,8-9H2,1H3. The number of thiophene rings is 1. The van der Waals surface area contributed by atoms with Crippen LogP contribution in [0.25, 0.3) is 0 Å². The molecule has 0 amide bonds. The fraction of sp³-hybridized carbons (Fsp3) is 0.286. The van der Waals surface area contributed by atoms with Gasteiger partial charge in [-0.3, -0.25) is 0 Å². The fourth-order valence-corrected chi connectivity index (χ4v) is 4.40. The van der Waals surface area contributed by atoms with Crippen molar-refractivity contribution in [3.8, 4) is 5.75 Å². The van der Waals surface area contributed by atoms with Crippen LogP contribution in [0.4, 0.5) is 0 Å². The van der Waals surface area contributed by atoms with Crippen LogP contribution in [-0.2, 0) is 16.4 Å². The van der Waals surface area contributed by atoms with Gasteiger partial charge in [0.1, 0.15) is 16.6 Å². The number of halogens is 1. The molecule has 0 saturated heterocycles. The van der Waals surface area contributed by atoms with Crippen LogP contribution in [-0.4, -0.2) is 21.6 Å². The molecule has 0 aliphatic rings. The largest absolute Gasteiger partial charge is 0.492 e. The monoisotopic (exact) mass is 389 g/mol. The third kappa shape index (κ3) is 4.81. The van der Waals surface area contributed by atoms with Crippen LogP contribution in [0, 0.1) is 0 Å². The van der Waals surface area contributed by atoms with Crippen molar-refractivity contribution in [3.05, 3.63) is 45.7 Å². The molecule has 0 atom stereocenters. The molecule has 0 aliphatic heterocycles. The van der Waals surface area contributed by atoms with Crippen LogP contribution in [0.1, 0.15) is 11.8 Å². The Balaban J connectivity index is 1.85. The molecule has 0 spiro atoms. The van der Waals surface area contributed by atoms with E-state index in [4.69, 9.17) is 4.74 Å². The summed E-state index contributed by atoms with van der Waals surface area (Å²) in [6.07, 6.45) is 0.839. The summed E-state index contributed by atoms with van der Waals surface area (Å²) in [5.41, 5.74) is 0. The molecule has 2 aromatic rings. The Hall–Kier alpha value is -0.890. The highest BCUT2D eigenvalue weighted by Crippen LogP contribution is 2.21. The summed E-state index contributed by atoms with van der Waals surface area (Å²) in [6, 6.07) is 10.9. The van der Waals surface area contributed by atoms with E-state index in [0.717, 1.165) is 15.8 Å². The highest BCUT2D eigenvalue weighted by molar-refractivity contribution is 9.10. The predicted molar refractivity (Wildman–Crippen MR) is 88.5 cm³/mol. The first-order valence-electron chi connectivity index (χ1n) is 6.48. The molecule has 21 heavy (non-hydrogen) atoms. The van der Waals surface area contributed by atoms with E-state index in [1.807, 2.05) is 37.3 Å². The predicted octanol–water partition coefficient (Wildman–Crippen LogP) is 3.43. The molecular formula is C14H16BrNO3S2. The van der Waals surface area contributed by atoms with Crippen molar-refractivity contribution >= 4 is 37.3 Å². The maximum atomic E-state index is 12.1. The lowest BCUT2D eigenvalue weighted by Gasteiger charge is -2.07. The molecule has 7 heteroatoms. The van der Waals surface area contributed by atoms with Crippen LogP contribution >= 0.6 is 27.3 Å². The number of nitrogens with one attached hydrogen (secondary N) is 1. The number of rotatable bonds is 7. The Labute approximate surface area is 137 Å². The highest BCUT2D eigenvalue weighted by atomic mass is 79.9. The number of aryl methyl sites for hydroxylation is 1. The minimum Gasteiger partial charge on any atom is -0.492 e. The fourth-order valence-electron chi connectivity index (χ4n) is 1.67. The van der Waals surface area contributed by atoms with Crippen molar-refractivity contribution in [2.45, 2.75) is 17.6 Å². The van der Waals surface area contributed by atoms with E-state index < -0.39 is 10.0 Å². The number of ether oxygens (including phenoxy) is 1. The van der Waals surface area contributed by atoms with Crippen molar-refractivity contribution in [3.63, 3.8) is 0 Å². The Bertz CT molecular complexity index is 698. The van der Waals surface area contributed by atoms with E-state index in [1.165, 1.54) is 11.3 Å². The summed E-state index contributed by atoms with van der Waals surface area (Å²) in [7, 11) is -3.43. The average Bonchev–Trinajstić information content (AvgIpc) is 2.93. The van der Waals surface area contributed by atoms with Crippen molar-refractivity contribution < 1.29 is 13.2 Å². The second-order valence-corrected chi connectivity index (χ2v) is 8.36. The summed E-state index contributed by atoms with van der Waals surface area (Å²) < 4.78 is 33.4. The summed E-state index contributed by atoms with van der Waals surface area (Å²) in [5, 5.41) is 0. The molecule has 4 nitrogen and oxygen atoms in total. The molecule has 0 unspecified atom stereocenters. The van der Waals surface area contributed by atoms with E-state index >= 15 is 0 Å². The quantitative estimate of drug-likeness (QED) is 0.737. The van der Waals surface area contributed by atoms with Gasteiger partial charge in [-0.1, -0.05) is 28.9 Å². The zero-order valence-electron chi connectivity index (χ0n) is 11.5. The molecule has 0 bridgehead atoms. The van der Waals surface area contributed by atoms with E-state index in [9.17, 15) is 8.42 Å². The molecule has 114 valence electrons. The van der Waals surface area contributed by atoms with Crippen molar-refractivity contribution in [2.75, 3.05) is 13.2 Å². The molecule has 1 N–H and O–H groups in total. The van der Waals surface area contributed by atoms with Gasteiger partial charge in [0.2, 0.25) is 10.0 Å². The highest BCUT2D eigenvalue weighted by Gasteiger charge is 2.15. The van der Waals surface area contributed by atoms with Crippen molar-refractivity contribution in [2.24, 2.45) is 0 Å². The lowest BCUT2D eigenvalue weighted by atomic mass is 10.3. The van der Waals surface area contributed by atoms with Gasteiger partial charge in [-0.15, -0.1) is 11.3 Å². The zero-order valence-corrected chi connectivity index (χ0v) is 14.7. The zero-order chi connectivity index (χ0) is 15.3. The minimum absolute atomic E-state index is 0.230. The molecule has 1 aromatic carbocycles. The molecule has 0 fully saturated rings. The molecule has 0 radical (unpaired) electrons. The molecule has 2 rings (SSSR count). The van der Waals surface area contributed by atoms with Gasteiger partial charge in [-0.2, -0.15) is 0 Å². The number of sulfonamides is 1. The van der Waals surface area contributed by atoms with E-state index in [1.54, 1.807) is 6.07 Å². The summed E-state index contributed by atoms with van der Waals surface area (Å²) in [5.74, 6) is 0.702. The second kappa shape index (κ2) is 7.40. The number of hydrogen-bond donors (Lipinski definition) is 1. The molecule has 0 aliphatic carbocycles. The SMILES string of the molecule is CCc1ccc(S(=O)(=O)NCCOc2cccc(Br)c2)s1. The van der Waals surface area contributed by atoms with Gasteiger partial charge in [-0.25, -0.2) is 13.1 Å². The van der Waals surface area contributed by atoms with Gasteiger partial charge in [0, 0.05) is 15.9 Å². The van der Waals surface area contributed by atoms with Gasteiger partial charge in [0.05, 0.1) is 0 Å². The molecule has 1 aromatic heterocycles. The Kier molecular flexibility index (Phi) is 5.80. The molecule has 1 heterocycles. The maximum absolute atomic E-state index is 12.1. The first-order chi connectivity index (χ1) is 10.0. The molecular weight excluding hydrogens is 374 g/mol. The van der Waals surface area contributed by atoms with E-state index in [2.05, 4.69) is 20.7 Å².